The summed E-state index contributed by atoms with van der Waals surface area (Å²) in [7, 11) is 0.911. The molecule has 0 aliphatic carbocycles. The van der Waals surface area contributed by atoms with Crippen LogP contribution in [-0.2, 0) is 18.6 Å². The molecule has 0 aromatic rings. The Morgan fingerprint density at radius 1 is 1.67 bits per heavy atom. The summed E-state index contributed by atoms with van der Waals surface area (Å²) in [5, 5.41) is 8.85. The average molecular weight is 217 g/mol. The molecular weight excluding hydrogens is 208 g/mol. The molecule has 12 heavy (non-hydrogen) atoms. The van der Waals surface area contributed by atoms with E-state index in [1.807, 2.05) is 0 Å². The van der Waals surface area contributed by atoms with Gasteiger partial charge in [-0.1, -0.05) is 0 Å². The number of esters is 1. The zero-order valence-corrected chi connectivity index (χ0v) is 7.93. The van der Waals surface area contributed by atoms with Gasteiger partial charge in [-0.15, -0.1) is 0 Å². The average Bonchev–Trinajstić information content (AvgIpc) is 1.84. The maximum Gasteiger partial charge on any atom is 0.336 e. The summed E-state index contributed by atoms with van der Waals surface area (Å²) in [4.78, 5) is 10.6. The predicted octanol–water partition coefficient (Wildman–Crippen LogP) is -0.521. The van der Waals surface area contributed by atoms with Gasteiger partial charge in [0.05, 0.1) is 6.61 Å². The van der Waals surface area contributed by atoms with Crippen LogP contribution >= 0.6 is 10.7 Å². The molecule has 1 unspecified atom stereocenters. The molecule has 0 heterocycles. The standard InChI is InChI=1S/C5H9ClO5S/c1-2-11-5(8)4(7)3-12(6,9)10/h4,7H,2-3H2,1H3. The highest BCUT2D eigenvalue weighted by Gasteiger charge is 2.22. The highest BCUT2D eigenvalue weighted by atomic mass is 35.7. The first-order valence-electron chi connectivity index (χ1n) is 3.14. The van der Waals surface area contributed by atoms with Crippen LogP contribution < -0.4 is 0 Å². The molecule has 1 atom stereocenters. The Morgan fingerprint density at radius 3 is 2.50 bits per heavy atom. The van der Waals surface area contributed by atoms with Crippen molar-refractivity contribution in [3.63, 3.8) is 0 Å². The highest BCUT2D eigenvalue weighted by Crippen LogP contribution is 2.01. The van der Waals surface area contributed by atoms with Gasteiger partial charge < -0.3 is 9.84 Å². The third-order valence-corrected chi connectivity index (χ3v) is 2.01. The Morgan fingerprint density at radius 2 is 2.17 bits per heavy atom. The first-order valence-corrected chi connectivity index (χ1v) is 5.61. The van der Waals surface area contributed by atoms with E-state index in [-0.39, 0.29) is 6.61 Å². The first kappa shape index (κ1) is 11.7. The lowest BCUT2D eigenvalue weighted by Gasteiger charge is -2.06. The molecule has 0 rings (SSSR count). The highest BCUT2D eigenvalue weighted by molar-refractivity contribution is 8.13. The van der Waals surface area contributed by atoms with Gasteiger partial charge in [0, 0.05) is 10.7 Å². The molecule has 0 fully saturated rings. The smallest absolute Gasteiger partial charge is 0.336 e. The van der Waals surface area contributed by atoms with Crippen molar-refractivity contribution < 1.29 is 23.1 Å². The van der Waals surface area contributed by atoms with Crippen LogP contribution in [0.3, 0.4) is 0 Å². The van der Waals surface area contributed by atoms with Crippen LogP contribution in [0, 0.1) is 0 Å². The van der Waals surface area contributed by atoms with Crippen molar-refractivity contribution in [1.29, 1.82) is 0 Å². The third-order valence-electron chi connectivity index (χ3n) is 0.916. The van der Waals surface area contributed by atoms with Gasteiger partial charge in [0.25, 0.3) is 0 Å². The number of aliphatic hydroxyl groups excluding tert-OH is 1. The summed E-state index contributed by atoms with van der Waals surface area (Å²) < 4.78 is 25.0. The van der Waals surface area contributed by atoms with Gasteiger partial charge in [0.15, 0.2) is 6.10 Å². The van der Waals surface area contributed by atoms with Gasteiger partial charge in [-0.25, -0.2) is 13.2 Å². The molecule has 0 saturated carbocycles. The number of rotatable bonds is 4. The van der Waals surface area contributed by atoms with Crippen LogP contribution in [0.5, 0.6) is 0 Å². The van der Waals surface area contributed by atoms with E-state index in [2.05, 4.69) is 4.74 Å². The van der Waals surface area contributed by atoms with Crippen molar-refractivity contribution in [2.24, 2.45) is 0 Å². The molecule has 0 aliphatic heterocycles. The van der Waals surface area contributed by atoms with Crippen molar-refractivity contribution in [1.82, 2.24) is 0 Å². The van der Waals surface area contributed by atoms with E-state index in [0.717, 1.165) is 0 Å². The van der Waals surface area contributed by atoms with E-state index in [1.54, 1.807) is 6.92 Å². The van der Waals surface area contributed by atoms with Gasteiger partial charge in [-0.3, -0.25) is 0 Å². The molecular formula is C5H9ClO5S. The summed E-state index contributed by atoms with van der Waals surface area (Å²) >= 11 is 0. The monoisotopic (exact) mass is 216 g/mol. The zero-order chi connectivity index (χ0) is 9.78. The Balaban J connectivity index is 4.05. The van der Waals surface area contributed by atoms with Crippen LogP contribution in [0.1, 0.15) is 6.92 Å². The Kier molecular flexibility index (Phi) is 4.51. The van der Waals surface area contributed by atoms with Crippen molar-refractivity contribution >= 4 is 25.7 Å². The Hall–Kier alpha value is -0.330. The maximum absolute atomic E-state index is 10.6. The van der Waals surface area contributed by atoms with Crippen LogP contribution in [-0.4, -0.2) is 38.0 Å². The molecule has 0 bridgehead atoms. The lowest BCUT2D eigenvalue weighted by Crippen LogP contribution is -2.29. The second-order valence-electron chi connectivity index (χ2n) is 1.97. The van der Waals surface area contributed by atoms with Gasteiger partial charge >= 0.3 is 5.97 Å². The number of carbonyl (C=O) groups is 1. The van der Waals surface area contributed by atoms with Crippen molar-refractivity contribution in [3.05, 3.63) is 0 Å². The van der Waals surface area contributed by atoms with E-state index in [0.29, 0.717) is 0 Å². The third kappa shape index (κ3) is 5.34. The molecule has 7 heteroatoms. The normalized spacial score (nSPS) is 13.9. The predicted molar refractivity (Wildman–Crippen MR) is 42.3 cm³/mol. The number of aliphatic hydroxyl groups is 1. The molecule has 0 amide bonds. The van der Waals surface area contributed by atoms with E-state index in [4.69, 9.17) is 15.8 Å². The molecule has 0 radical (unpaired) electrons. The van der Waals surface area contributed by atoms with E-state index >= 15 is 0 Å². The molecule has 0 aromatic carbocycles. The fourth-order valence-electron chi connectivity index (χ4n) is 0.495. The lowest BCUT2D eigenvalue weighted by molar-refractivity contribution is -0.151. The van der Waals surface area contributed by atoms with Crippen LogP contribution in [0.15, 0.2) is 0 Å². The fraction of sp³-hybridized carbons (Fsp3) is 0.800. The van der Waals surface area contributed by atoms with Gasteiger partial charge in [-0.05, 0) is 6.92 Å². The van der Waals surface area contributed by atoms with Crippen LogP contribution in [0.4, 0.5) is 0 Å². The van der Waals surface area contributed by atoms with E-state index in [1.165, 1.54) is 0 Å². The summed E-state index contributed by atoms with van der Waals surface area (Å²) in [6.07, 6.45) is -1.70. The number of ether oxygens (including phenoxy) is 1. The van der Waals surface area contributed by atoms with Crippen molar-refractivity contribution in [2.75, 3.05) is 12.4 Å². The Labute approximate surface area is 74.7 Å². The van der Waals surface area contributed by atoms with Gasteiger partial charge in [-0.2, -0.15) is 0 Å². The summed E-state index contributed by atoms with van der Waals surface area (Å²) in [6, 6.07) is 0. The topological polar surface area (TPSA) is 80.7 Å². The lowest BCUT2D eigenvalue weighted by atomic mass is 10.4. The van der Waals surface area contributed by atoms with Crippen LogP contribution in [0.2, 0.25) is 0 Å². The SMILES string of the molecule is CCOC(=O)C(O)CS(=O)(=O)Cl. The zero-order valence-electron chi connectivity index (χ0n) is 6.36. The van der Waals surface area contributed by atoms with E-state index in [9.17, 15) is 13.2 Å². The van der Waals surface area contributed by atoms with E-state index < -0.39 is 26.9 Å². The van der Waals surface area contributed by atoms with Crippen LogP contribution in [0.25, 0.3) is 0 Å². The molecule has 0 spiro atoms. The number of hydrogen-bond acceptors (Lipinski definition) is 5. The quantitative estimate of drug-likeness (QED) is 0.505. The molecule has 0 saturated heterocycles. The molecule has 1 N–H and O–H groups in total. The summed E-state index contributed by atoms with van der Waals surface area (Å²) in [5.41, 5.74) is 0. The number of halogens is 1. The molecule has 0 aromatic heterocycles. The Bertz CT molecular complexity index is 247. The molecule has 72 valence electrons. The van der Waals surface area contributed by atoms with Crippen molar-refractivity contribution in [3.8, 4) is 0 Å². The van der Waals surface area contributed by atoms with Crippen molar-refractivity contribution in [2.45, 2.75) is 13.0 Å². The maximum atomic E-state index is 10.6. The first-order chi connectivity index (χ1) is 5.37. The second-order valence-corrected chi connectivity index (χ2v) is 4.79. The minimum atomic E-state index is -3.87. The minimum absolute atomic E-state index is 0.0816. The molecule has 5 nitrogen and oxygen atoms in total. The minimum Gasteiger partial charge on any atom is -0.464 e. The molecule has 0 aliphatic rings. The van der Waals surface area contributed by atoms with Gasteiger partial charge in [0.2, 0.25) is 9.05 Å². The van der Waals surface area contributed by atoms with Gasteiger partial charge in [0.1, 0.15) is 5.75 Å². The summed E-state index contributed by atoms with van der Waals surface area (Å²) in [5.74, 6) is -1.81. The largest absolute Gasteiger partial charge is 0.464 e. The number of hydrogen-bond donors (Lipinski definition) is 1. The fourth-order valence-corrected chi connectivity index (χ4v) is 1.37. The summed E-state index contributed by atoms with van der Waals surface area (Å²) in [6.45, 7) is 1.62. The number of carbonyl (C=O) groups excluding carboxylic acids is 1. The second kappa shape index (κ2) is 4.64.